The Kier molecular flexibility index (Phi) is 4.55. The van der Waals surface area contributed by atoms with Gasteiger partial charge in [-0.25, -0.2) is 8.42 Å². The lowest BCUT2D eigenvalue weighted by Crippen LogP contribution is -2.18. The molecule has 0 spiro atoms. The van der Waals surface area contributed by atoms with Gasteiger partial charge in [-0.3, -0.25) is 14.2 Å². The molecule has 2 aromatic rings. The van der Waals surface area contributed by atoms with Crippen LogP contribution >= 0.6 is 27.5 Å². The number of aromatic nitrogens is 2. The second kappa shape index (κ2) is 6.04. The molecule has 3 N–H and O–H groups in total. The van der Waals surface area contributed by atoms with Gasteiger partial charge in [0.2, 0.25) is 5.91 Å². The number of nitrogens with zero attached hydrogens (tertiary/aromatic N) is 2. The minimum atomic E-state index is -3.78. The van der Waals surface area contributed by atoms with E-state index in [0.29, 0.717) is 9.50 Å². The fraction of sp³-hybridized carbons (Fsp3) is 0.0909. The first-order valence-corrected chi connectivity index (χ1v) is 8.22. The third-order valence-corrected chi connectivity index (χ3v) is 5.00. The Labute approximate surface area is 134 Å². The van der Waals surface area contributed by atoms with Crippen molar-refractivity contribution in [2.24, 2.45) is 5.73 Å². The van der Waals surface area contributed by atoms with Crippen LogP contribution in [0.5, 0.6) is 0 Å². The van der Waals surface area contributed by atoms with E-state index < -0.39 is 15.9 Å². The van der Waals surface area contributed by atoms with Gasteiger partial charge in [0.15, 0.2) is 0 Å². The molecule has 0 aliphatic rings. The number of rotatable bonds is 5. The first-order chi connectivity index (χ1) is 9.78. The zero-order chi connectivity index (χ0) is 15.6. The van der Waals surface area contributed by atoms with E-state index in [1.807, 2.05) is 0 Å². The largest absolute Gasteiger partial charge is 0.368 e. The maximum Gasteiger partial charge on any atom is 0.262 e. The fourth-order valence-corrected chi connectivity index (χ4v) is 3.22. The van der Waals surface area contributed by atoms with Gasteiger partial charge in [0, 0.05) is 10.7 Å². The van der Waals surface area contributed by atoms with Crippen LogP contribution < -0.4 is 10.5 Å². The van der Waals surface area contributed by atoms with Crippen LogP contribution in [-0.4, -0.2) is 24.1 Å². The van der Waals surface area contributed by atoms with Gasteiger partial charge in [0.25, 0.3) is 10.0 Å². The van der Waals surface area contributed by atoms with Crippen LogP contribution in [0.1, 0.15) is 0 Å². The highest BCUT2D eigenvalue weighted by molar-refractivity contribution is 9.10. The van der Waals surface area contributed by atoms with E-state index in [1.165, 1.54) is 35.3 Å². The number of hydrogen-bond acceptors (Lipinski definition) is 4. The molecule has 1 aromatic carbocycles. The van der Waals surface area contributed by atoms with Crippen molar-refractivity contribution in [3.05, 3.63) is 40.1 Å². The summed E-state index contributed by atoms with van der Waals surface area (Å²) in [6.07, 6.45) is 2.65. The Bertz CT molecular complexity index is 791. The monoisotopic (exact) mass is 392 g/mol. The van der Waals surface area contributed by atoms with Crippen LogP contribution in [-0.2, 0) is 21.4 Å². The zero-order valence-corrected chi connectivity index (χ0v) is 13.6. The molecule has 0 bridgehead atoms. The summed E-state index contributed by atoms with van der Waals surface area (Å²) in [6, 6.07) is 4.23. The molecule has 2 rings (SSSR count). The SMILES string of the molecule is NC(=O)Cn1cc(NS(=O)(=O)c2ccc(Cl)c(Br)c2)cn1. The standard InChI is InChI=1S/C11H10BrClN4O3S/c12-9-3-8(1-2-10(9)13)21(19,20)16-7-4-15-17(5-7)6-11(14)18/h1-5,16H,6H2,(H2,14,18). The van der Waals surface area contributed by atoms with Crippen LogP contribution in [0.3, 0.4) is 0 Å². The fourth-order valence-electron chi connectivity index (χ4n) is 1.52. The van der Waals surface area contributed by atoms with Crippen molar-refractivity contribution in [3.63, 3.8) is 0 Å². The summed E-state index contributed by atoms with van der Waals surface area (Å²) in [7, 11) is -3.78. The van der Waals surface area contributed by atoms with E-state index in [4.69, 9.17) is 17.3 Å². The summed E-state index contributed by atoms with van der Waals surface area (Å²) in [5, 5.41) is 4.23. The van der Waals surface area contributed by atoms with Crippen molar-refractivity contribution in [3.8, 4) is 0 Å². The van der Waals surface area contributed by atoms with Crippen LogP contribution in [0.4, 0.5) is 5.69 Å². The molecule has 0 saturated carbocycles. The number of hydrogen-bond donors (Lipinski definition) is 2. The molecule has 1 heterocycles. The Morgan fingerprint density at radius 2 is 2.19 bits per heavy atom. The number of amides is 1. The maximum absolute atomic E-state index is 12.2. The molecule has 0 atom stereocenters. The van der Waals surface area contributed by atoms with Crippen LogP contribution in [0.2, 0.25) is 5.02 Å². The maximum atomic E-state index is 12.2. The molecule has 0 radical (unpaired) electrons. The molecule has 1 aromatic heterocycles. The average Bonchev–Trinajstić information content (AvgIpc) is 2.78. The number of sulfonamides is 1. The number of carbonyl (C=O) groups excluding carboxylic acids is 1. The Hall–Kier alpha value is -1.58. The molecule has 10 heteroatoms. The van der Waals surface area contributed by atoms with Gasteiger partial charge in [-0.1, -0.05) is 11.6 Å². The highest BCUT2D eigenvalue weighted by Gasteiger charge is 2.16. The molecule has 0 saturated heterocycles. The normalized spacial score (nSPS) is 11.3. The molecule has 0 fully saturated rings. The third-order valence-electron chi connectivity index (χ3n) is 2.40. The van der Waals surface area contributed by atoms with Crippen LogP contribution in [0, 0.1) is 0 Å². The van der Waals surface area contributed by atoms with Gasteiger partial charge in [-0.15, -0.1) is 0 Å². The van der Waals surface area contributed by atoms with Gasteiger partial charge in [0.05, 0.1) is 21.8 Å². The van der Waals surface area contributed by atoms with Crippen LogP contribution in [0.25, 0.3) is 0 Å². The molecule has 21 heavy (non-hydrogen) atoms. The molecule has 0 unspecified atom stereocenters. The van der Waals surface area contributed by atoms with Crippen molar-refractivity contribution in [1.82, 2.24) is 9.78 Å². The average molecular weight is 394 g/mol. The molecule has 0 aliphatic heterocycles. The molecule has 1 amide bonds. The van der Waals surface area contributed by atoms with E-state index in [9.17, 15) is 13.2 Å². The minimum absolute atomic E-state index is 0.0430. The smallest absolute Gasteiger partial charge is 0.262 e. The molecular weight excluding hydrogens is 384 g/mol. The lowest BCUT2D eigenvalue weighted by atomic mass is 10.4. The van der Waals surface area contributed by atoms with Gasteiger partial charge < -0.3 is 5.73 Å². The Morgan fingerprint density at radius 3 is 2.81 bits per heavy atom. The predicted octanol–water partition coefficient (Wildman–Crippen LogP) is 1.59. The zero-order valence-electron chi connectivity index (χ0n) is 10.5. The molecule has 7 nitrogen and oxygen atoms in total. The third kappa shape index (κ3) is 3.96. The summed E-state index contributed by atoms with van der Waals surface area (Å²) < 4.78 is 28.4. The van der Waals surface area contributed by atoms with E-state index in [1.54, 1.807) is 0 Å². The van der Waals surface area contributed by atoms with Gasteiger partial charge in [0.1, 0.15) is 6.54 Å². The Balaban J connectivity index is 2.22. The molecule has 0 aliphatic carbocycles. The van der Waals surface area contributed by atoms with Crippen molar-refractivity contribution in [1.29, 1.82) is 0 Å². The van der Waals surface area contributed by atoms with Gasteiger partial charge >= 0.3 is 0 Å². The number of primary amides is 1. The summed E-state index contributed by atoms with van der Waals surface area (Å²) in [4.78, 5) is 10.8. The van der Waals surface area contributed by atoms with E-state index >= 15 is 0 Å². The first kappa shape index (κ1) is 15.8. The van der Waals surface area contributed by atoms with E-state index in [0.717, 1.165) is 0 Å². The second-order valence-corrected chi connectivity index (χ2v) is 7.02. The first-order valence-electron chi connectivity index (χ1n) is 5.56. The summed E-state index contributed by atoms with van der Waals surface area (Å²) in [5.74, 6) is -0.575. The van der Waals surface area contributed by atoms with Gasteiger partial charge in [-0.05, 0) is 34.1 Å². The summed E-state index contributed by atoms with van der Waals surface area (Å²) >= 11 is 8.99. The minimum Gasteiger partial charge on any atom is -0.368 e. The molecular formula is C11H10BrClN4O3S. The van der Waals surface area contributed by atoms with Gasteiger partial charge in [-0.2, -0.15) is 5.10 Å². The van der Waals surface area contributed by atoms with Crippen LogP contribution in [0.15, 0.2) is 40.0 Å². The van der Waals surface area contributed by atoms with Crippen molar-refractivity contribution >= 4 is 49.1 Å². The Morgan fingerprint density at radius 1 is 1.48 bits per heavy atom. The van der Waals surface area contributed by atoms with E-state index in [2.05, 4.69) is 25.8 Å². The number of nitrogens with two attached hydrogens (primary N) is 1. The predicted molar refractivity (Wildman–Crippen MR) is 81.4 cm³/mol. The second-order valence-electron chi connectivity index (χ2n) is 4.07. The number of nitrogens with one attached hydrogen (secondary N) is 1. The topological polar surface area (TPSA) is 107 Å². The summed E-state index contributed by atoms with van der Waals surface area (Å²) in [6.45, 7) is -0.131. The highest BCUT2D eigenvalue weighted by Crippen LogP contribution is 2.26. The number of carbonyl (C=O) groups is 1. The van der Waals surface area contributed by atoms with Crippen molar-refractivity contribution < 1.29 is 13.2 Å². The van der Waals surface area contributed by atoms with Crippen molar-refractivity contribution in [2.45, 2.75) is 11.4 Å². The lowest BCUT2D eigenvalue weighted by molar-refractivity contribution is -0.118. The number of benzene rings is 1. The van der Waals surface area contributed by atoms with Crippen molar-refractivity contribution in [2.75, 3.05) is 4.72 Å². The highest BCUT2D eigenvalue weighted by atomic mass is 79.9. The summed E-state index contributed by atoms with van der Waals surface area (Å²) in [5.41, 5.74) is 5.25. The number of halogens is 2. The molecule has 112 valence electrons. The quantitative estimate of drug-likeness (QED) is 0.804. The number of anilines is 1. The lowest BCUT2D eigenvalue weighted by Gasteiger charge is -2.06. The van der Waals surface area contributed by atoms with E-state index in [-0.39, 0.29) is 17.1 Å².